The van der Waals surface area contributed by atoms with E-state index in [9.17, 15) is 20.2 Å². The molecule has 0 unspecified atom stereocenters. The molecule has 0 radical (unpaired) electrons. The second kappa shape index (κ2) is 8.22. The summed E-state index contributed by atoms with van der Waals surface area (Å²) < 4.78 is 0. The first-order valence-electron chi connectivity index (χ1n) is 8.57. The Bertz CT molecular complexity index is 923. The Morgan fingerprint density at radius 2 is 1.78 bits per heavy atom. The predicted octanol–water partition coefficient (Wildman–Crippen LogP) is 4.82. The maximum atomic E-state index is 11.3. The number of hydrogen-bond acceptors (Lipinski definition) is 6. The van der Waals surface area contributed by atoms with E-state index < -0.39 is 15.5 Å². The Morgan fingerprint density at radius 3 is 2.41 bits per heavy atom. The zero-order valence-corrected chi connectivity index (χ0v) is 14.5. The van der Waals surface area contributed by atoms with Crippen molar-refractivity contribution in [2.45, 2.75) is 25.7 Å². The minimum Gasteiger partial charge on any atom is -0.271 e. The van der Waals surface area contributed by atoms with Gasteiger partial charge in [-0.1, -0.05) is 36.4 Å². The summed E-state index contributed by atoms with van der Waals surface area (Å²) in [6.07, 6.45) is 6.19. The second-order valence-electron chi connectivity index (χ2n) is 6.13. The smallest absolute Gasteiger partial charge is 0.271 e. The SMILES string of the molecule is O=[N+]([O-])c1ccc(NN=C(C2=CCCCC2)c2ccccc2)c([N+](=O)[O-])c1. The molecule has 0 aliphatic heterocycles. The van der Waals surface area contributed by atoms with Crippen LogP contribution in [0.25, 0.3) is 0 Å². The van der Waals surface area contributed by atoms with Gasteiger partial charge in [0.25, 0.3) is 5.69 Å². The fourth-order valence-corrected chi connectivity index (χ4v) is 2.97. The molecule has 0 spiro atoms. The van der Waals surface area contributed by atoms with E-state index in [0.717, 1.165) is 48.6 Å². The first kappa shape index (κ1) is 18.2. The molecule has 2 aromatic rings. The van der Waals surface area contributed by atoms with Gasteiger partial charge >= 0.3 is 5.69 Å². The molecule has 1 N–H and O–H groups in total. The number of non-ortho nitro benzene ring substituents is 1. The lowest BCUT2D eigenvalue weighted by molar-refractivity contribution is -0.393. The number of nitrogens with one attached hydrogen (secondary N) is 1. The fourth-order valence-electron chi connectivity index (χ4n) is 2.97. The zero-order chi connectivity index (χ0) is 19.2. The van der Waals surface area contributed by atoms with Crippen LogP contribution in [-0.2, 0) is 0 Å². The van der Waals surface area contributed by atoms with Crippen molar-refractivity contribution in [1.82, 2.24) is 0 Å². The Balaban J connectivity index is 1.98. The summed E-state index contributed by atoms with van der Waals surface area (Å²) in [5.41, 5.74) is 4.83. The van der Waals surface area contributed by atoms with Gasteiger partial charge in [-0.05, 0) is 37.3 Å². The van der Waals surface area contributed by atoms with Gasteiger partial charge in [-0.3, -0.25) is 25.7 Å². The molecule has 2 aromatic carbocycles. The average molecular weight is 366 g/mol. The third kappa shape index (κ3) is 4.35. The maximum absolute atomic E-state index is 11.3. The Hall–Kier alpha value is -3.55. The quantitative estimate of drug-likeness (QED) is 0.447. The summed E-state index contributed by atoms with van der Waals surface area (Å²) in [5.74, 6) is 0. The lowest BCUT2D eigenvalue weighted by Crippen LogP contribution is -2.11. The molecule has 0 saturated carbocycles. The summed E-state index contributed by atoms with van der Waals surface area (Å²) in [6, 6.07) is 13.0. The molecule has 138 valence electrons. The topological polar surface area (TPSA) is 111 Å². The van der Waals surface area contributed by atoms with Crippen LogP contribution in [0.1, 0.15) is 31.2 Å². The fraction of sp³-hybridized carbons (Fsp3) is 0.211. The van der Waals surface area contributed by atoms with Crippen LogP contribution in [0.4, 0.5) is 17.1 Å². The van der Waals surface area contributed by atoms with Crippen LogP contribution < -0.4 is 5.43 Å². The highest BCUT2D eigenvalue weighted by atomic mass is 16.6. The lowest BCUT2D eigenvalue weighted by Gasteiger charge is -2.15. The normalized spacial score (nSPS) is 14.4. The van der Waals surface area contributed by atoms with Crippen LogP contribution in [0.5, 0.6) is 0 Å². The minimum atomic E-state index is -0.664. The molecule has 27 heavy (non-hydrogen) atoms. The van der Waals surface area contributed by atoms with E-state index in [2.05, 4.69) is 16.6 Å². The van der Waals surface area contributed by atoms with Gasteiger partial charge in [-0.2, -0.15) is 5.10 Å². The Kier molecular flexibility index (Phi) is 5.55. The first-order chi connectivity index (χ1) is 13.1. The molecular formula is C19H18N4O4. The summed E-state index contributed by atoms with van der Waals surface area (Å²) >= 11 is 0. The standard InChI is InChI=1S/C19H18N4O4/c24-22(25)16-11-12-17(18(13-16)23(26)27)20-21-19(14-7-3-1-4-8-14)15-9-5-2-6-10-15/h1,3-4,7-9,11-13,20H,2,5-6,10H2. The molecule has 8 nitrogen and oxygen atoms in total. The van der Waals surface area contributed by atoms with Gasteiger partial charge in [0.05, 0.1) is 21.6 Å². The number of nitro groups is 2. The predicted molar refractivity (Wildman–Crippen MR) is 103 cm³/mol. The van der Waals surface area contributed by atoms with E-state index >= 15 is 0 Å². The number of rotatable bonds is 6. The molecule has 0 atom stereocenters. The van der Waals surface area contributed by atoms with Gasteiger partial charge in [-0.15, -0.1) is 0 Å². The largest absolute Gasteiger partial charge is 0.301 e. The Labute approximate surface area is 155 Å². The lowest BCUT2D eigenvalue weighted by atomic mass is 9.92. The highest BCUT2D eigenvalue weighted by molar-refractivity contribution is 6.13. The third-order valence-electron chi connectivity index (χ3n) is 4.32. The molecule has 0 bridgehead atoms. The molecule has 1 aliphatic carbocycles. The average Bonchev–Trinajstić information content (AvgIpc) is 2.69. The van der Waals surface area contributed by atoms with E-state index in [0.29, 0.717) is 0 Å². The van der Waals surface area contributed by atoms with Gasteiger partial charge in [0, 0.05) is 11.6 Å². The summed E-state index contributed by atoms with van der Waals surface area (Å²) in [7, 11) is 0. The molecule has 0 fully saturated rings. The molecule has 0 aromatic heterocycles. The third-order valence-corrected chi connectivity index (χ3v) is 4.32. The number of nitro benzene ring substituents is 2. The zero-order valence-electron chi connectivity index (χ0n) is 14.5. The number of anilines is 1. The molecule has 8 heteroatoms. The highest BCUT2D eigenvalue weighted by Gasteiger charge is 2.20. The van der Waals surface area contributed by atoms with Crippen molar-refractivity contribution < 1.29 is 9.85 Å². The summed E-state index contributed by atoms with van der Waals surface area (Å²) in [5, 5.41) is 26.6. The summed E-state index contributed by atoms with van der Waals surface area (Å²) in [6.45, 7) is 0. The molecule has 1 aliphatic rings. The van der Waals surface area contributed by atoms with Crippen LogP contribution in [0.2, 0.25) is 0 Å². The van der Waals surface area contributed by atoms with Crippen molar-refractivity contribution in [2.75, 3.05) is 5.43 Å². The van der Waals surface area contributed by atoms with Crippen LogP contribution >= 0.6 is 0 Å². The van der Waals surface area contributed by atoms with Crippen LogP contribution in [0.15, 0.2) is 65.3 Å². The Morgan fingerprint density at radius 1 is 1.00 bits per heavy atom. The monoisotopic (exact) mass is 366 g/mol. The number of hydrazone groups is 1. The second-order valence-corrected chi connectivity index (χ2v) is 6.13. The number of hydrogen-bond donors (Lipinski definition) is 1. The van der Waals surface area contributed by atoms with Crippen LogP contribution in [0.3, 0.4) is 0 Å². The number of nitrogens with zero attached hydrogens (tertiary/aromatic N) is 3. The van der Waals surface area contributed by atoms with Crippen molar-refractivity contribution in [3.63, 3.8) is 0 Å². The summed E-state index contributed by atoms with van der Waals surface area (Å²) in [4.78, 5) is 20.8. The van der Waals surface area contributed by atoms with Crippen molar-refractivity contribution >= 4 is 22.8 Å². The van der Waals surface area contributed by atoms with E-state index in [1.807, 2.05) is 30.3 Å². The van der Waals surface area contributed by atoms with Crippen molar-refractivity contribution in [3.05, 3.63) is 86.0 Å². The van der Waals surface area contributed by atoms with Gasteiger partial charge in [-0.25, -0.2) is 0 Å². The van der Waals surface area contributed by atoms with E-state index in [1.165, 1.54) is 12.1 Å². The molecule has 0 saturated heterocycles. The number of allylic oxidation sites excluding steroid dienone is 2. The van der Waals surface area contributed by atoms with Crippen LogP contribution in [0, 0.1) is 20.2 Å². The van der Waals surface area contributed by atoms with Gasteiger partial charge in [0.15, 0.2) is 0 Å². The van der Waals surface area contributed by atoms with E-state index in [4.69, 9.17) is 0 Å². The highest BCUT2D eigenvalue weighted by Crippen LogP contribution is 2.29. The van der Waals surface area contributed by atoms with Crippen molar-refractivity contribution in [1.29, 1.82) is 0 Å². The molecular weight excluding hydrogens is 348 g/mol. The van der Waals surface area contributed by atoms with Crippen molar-refractivity contribution in [3.8, 4) is 0 Å². The molecule has 0 amide bonds. The van der Waals surface area contributed by atoms with E-state index in [1.54, 1.807) is 0 Å². The van der Waals surface area contributed by atoms with Gasteiger partial charge in [0.2, 0.25) is 0 Å². The van der Waals surface area contributed by atoms with Crippen molar-refractivity contribution in [2.24, 2.45) is 5.10 Å². The van der Waals surface area contributed by atoms with Crippen LogP contribution in [-0.4, -0.2) is 15.6 Å². The van der Waals surface area contributed by atoms with Gasteiger partial charge < -0.3 is 0 Å². The first-order valence-corrected chi connectivity index (χ1v) is 8.57. The maximum Gasteiger partial charge on any atom is 0.301 e. The minimum absolute atomic E-state index is 0.107. The molecule has 0 heterocycles. The molecule has 3 rings (SSSR count). The van der Waals surface area contributed by atoms with Gasteiger partial charge in [0.1, 0.15) is 5.69 Å². The van der Waals surface area contributed by atoms with E-state index in [-0.39, 0.29) is 11.4 Å². The number of benzene rings is 2.